The Morgan fingerprint density at radius 2 is 1.18 bits per heavy atom. The van der Waals surface area contributed by atoms with E-state index in [9.17, 15) is 14.7 Å². The standard InChI is InChI=1S/C14H14O3.C11H9BrO.C3H5BrO2.ClH.Mg/c1-9(14(16)17)11-4-5-12-6-10(8-15)2-3-13(12)7-11;12-11-4-3-9-5-8(7-13)1-2-10(9)6-11;1-2(4)3(5)6;;/h2-7,9,15H,8H2,1H3,(H,16,17);1-6,13H,7H2;2H,1H3,(H,5,6);1H;/q;;;;+2/p-2. The predicted octanol–water partition coefficient (Wildman–Crippen LogP) is 1.76. The molecule has 2 atom stereocenters. The van der Waals surface area contributed by atoms with E-state index in [2.05, 4.69) is 37.9 Å². The van der Waals surface area contributed by atoms with Gasteiger partial charge in [-0.15, -0.1) is 0 Å². The number of aliphatic carboxylic acids is 2. The second-order valence-corrected chi connectivity index (χ2v) is 10.4. The Morgan fingerprint density at radius 1 is 0.789 bits per heavy atom. The fourth-order valence-corrected chi connectivity index (χ4v) is 3.57. The van der Waals surface area contributed by atoms with Crippen molar-refractivity contribution in [2.45, 2.75) is 37.8 Å². The third-order valence-electron chi connectivity index (χ3n) is 5.36. The molecule has 0 bridgehead atoms. The first kappa shape index (κ1) is 36.3. The number of rotatable bonds is 5. The van der Waals surface area contributed by atoms with E-state index in [1.54, 1.807) is 6.92 Å². The third-order valence-corrected chi connectivity index (χ3v) is 6.22. The monoisotopic (exact) mass is 676 g/mol. The summed E-state index contributed by atoms with van der Waals surface area (Å²) in [5.41, 5.74) is 2.60. The quantitative estimate of drug-likeness (QED) is 0.219. The van der Waals surface area contributed by atoms with Crippen molar-refractivity contribution in [2.75, 3.05) is 0 Å². The van der Waals surface area contributed by atoms with Crippen LogP contribution in [0.2, 0.25) is 0 Å². The SMILES string of the molecule is CC(Br)C(=O)[O-].CC(C(=O)O)c1ccc2cc(CO)ccc2c1.OCc1ccc2cc(Br)ccc2c1.[Cl-].[Mg+2]. The van der Waals surface area contributed by atoms with Crippen molar-refractivity contribution in [1.29, 1.82) is 0 Å². The molecule has 0 amide bonds. The van der Waals surface area contributed by atoms with Crippen molar-refractivity contribution >= 4 is 88.4 Å². The number of halogens is 3. The fraction of sp³-hybridized carbons (Fsp3) is 0.214. The molecule has 38 heavy (non-hydrogen) atoms. The van der Waals surface area contributed by atoms with Crippen molar-refractivity contribution in [3.05, 3.63) is 94.0 Å². The van der Waals surface area contributed by atoms with Crippen LogP contribution in [0, 0.1) is 0 Å². The summed E-state index contributed by atoms with van der Waals surface area (Å²) in [5, 5.41) is 40.8. The number of aliphatic hydroxyl groups excluding tert-OH is 2. The van der Waals surface area contributed by atoms with E-state index in [0.29, 0.717) is 0 Å². The summed E-state index contributed by atoms with van der Waals surface area (Å²) in [4.78, 5) is 19.9. The summed E-state index contributed by atoms with van der Waals surface area (Å²) in [6.45, 7) is 3.29. The predicted molar refractivity (Wildman–Crippen MR) is 153 cm³/mol. The molecule has 198 valence electrons. The number of aliphatic hydroxyl groups is 2. The van der Waals surface area contributed by atoms with Gasteiger partial charge in [0, 0.05) is 4.47 Å². The van der Waals surface area contributed by atoms with E-state index < -0.39 is 22.7 Å². The second kappa shape index (κ2) is 17.8. The molecule has 4 aromatic rings. The summed E-state index contributed by atoms with van der Waals surface area (Å²) in [6.07, 6.45) is 0. The van der Waals surface area contributed by atoms with E-state index >= 15 is 0 Å². The van der Waals surface area contributed by atoms with Gasteiger partial charge in [-0.05, 0) is 76.3 Å². The Hall–Kier alpha value is -1.72. The van der Waals surface area contributed by atoms with Gasteiger partial charge in [0.25, 0.3) is 0 Å². The summed E-state index contributed by atoms with van der Waals surface area (Å²) in [5.74, 6) is -2.40. The number of alkyl halides is 1. The van der Waals surface area contributed by atoms with Crippen LogP contribution >= 0.6 is 31.9 Å². The molecule has 3 N–H and O–H groups in total. The van der Waals surface area contributed by atoms with Crippen LogP contribution in [0.1, 0.15) is 36.5 Å². The van der Waals surface area contributed by atoms with Gasteiger partial charge in [-0.2, -0.15) is 0 Å². The Kier molecular flexibility index (Phi) is 17.0. The molecule has 0 aliphatic heterocycles. The molecule has 0 saturated carbocycles. The van der Waals surface area contributed by atoms with E-state index in [-0.39, 0.29) is 48.7 Å². The number of carboxylic acids is 2. The van der Waals surface area contributed by atoms with Crippen molar-refractivity contribution in [2.24, 2.45) is 0 Å². The van der Waals surface area contributed by atoms with Crippen LogP contribution in [0.3, 0.4) is 0 Å². The molecule has 4 rings (SSSR count). The van der Waals surface area contributed by atoms with Crippen molar-refractivity contribution < 1.29 is 42.4 Å². The van der Waals surface area contributed by atoms with Crippen molar-refractivity contribution in [3.63, 3.8) is 0 Å². The van der Waals surface area contributed by atoms with Gasteiger partial charge in [0.05, 0.1) is 29.9 Å². The zero-order valence-electron chi connectivity index (χ0n) is 20.9. The average molecular weight is 679 g/mol. The van der Waals surface area contributed by atoms with E-state index in [4.69, 9.17) is 15.3 Å². The molecule has 0 saturated heterocycles. The first-order chi connectivity index (χ1) is 17.0. The molecule has 10 heteroatoms. The van der Waals surface area contributed by atoms with Gasteiger partial charge in [-0.3, -0.25) is 4.79 Å². The van der Waals surface area contributed by atoms with Crippen LogP contribution < -0.4 is 17.5 Å². The molecular weight excluding hydrogens is 652 g/mol. The molecule has 6 nitrogen and oxygen atoms in total. The fourth-order valence-electron chi connectivity index (χ4n) is 3.19. The second-order valence-electron chi connectivity index (χ2n) is 8.08. The van der Waals surface area contributed by atoms with Gasteiger partial charge in [0.15, 0.2) is 0 Å². The maximum absolute atomic E-state index is 10.9. The number of fused-ring (bicyclic) bond motifs is 2. The number of benzene rings is 4. The van der Waals surface area contributed by atoms with Gasteiger partial charge >= 0.3 is 29.0 Å². The summed E-state index contributed by atoms with van der Waals surface area (Å²) < 4.78 is 1.08. The molecular formula is C28H27Br2ClMgO6. The third kappa shape index (κ3) is 11.2. The van der Waals surface area contributed by atoms with Gasteiger partial charge < -0.3 is 37.6 Å². The molecule has 4 aromatic carbocycles. The largest absolute Gasteiger partial charge is 2.00 e. The minimum Gasteiger partial charge on any atom is -1.00 e. The number of carbonyl (C=O) groups excluding carboxylic acids is 1. The Balaban J connectivity index is 0.000000582. The molecule has 0 aromatic heterocycles. The van der Waals surface area contributed by atoms with E-state index in [1.165, 1.54) is 12.3 Å². The maximum Gasteiger partial charge on any atom is 2.00 e. The maximum atomic E-state index is 10.9. The molecule has 0 spiro atoms. The zero-order valence-corrected chi connectivity index (χ0v) is 26.2. The minimum absolute atomic E-state index is 0. The smallest absolute Gasteiger partial charge is 1.00 e. The summed E-state index contributed by atoms with van der Waals surface area (Å²) in [6, 6.07) is 23.3. The zero-order chi connectivity index (χ0) is 26.8. The molecule has 0 aliphatic rings. The molecule has 0 heterocycles. The molecule has 2 unspecified atom stereocenters. The number of carbonyl (C=O) groups is 2. The number of hydrogen-bond donors (Lipinski definition) is 3. The van der Waals surface area contributed by atoms with Crippen LogP contribution in [0.25, 0.3) is 21.5 Å². The van der Waals surface area contributed by atoms with Crippen LogP contribution in [0.5, 0.6) is 0 Å². The van der Waals surface area contributed by atoms with Crippen LogP contribution in [0.4, 0.5) is 0 Å². The van der Waals surface area contributed by atoms with Crippen LogP contribution in [0.15, 0.2) is 77.3 Å². The first-order valence-electron chi connectivity index (χ1n) is 11.1. The Bertz CT molecular complexity index is 1350. The minimum atomic E-state index is -1.07. The Morgan fingerprint density at radius 3 is 1.61 bits per heavy atom. The number of carboxylic acid groups (broad SMARTS) is 2. The van der Waals surface area contributed by atoms with Gasteiger partial charge in [-0.25, -0.2) is 0 Å². The molecule has 0 fully saturated rings. The van der Waals surface area contributed by atoms with Crippen LogP contribution in [-0.4, -0.2) is 55.1 Å². The van der Waals surface area contributed by atoms with E-state index in [1.807, 2.05) is 66.7 Å². The summed E-state index contributed by atoms with van der Waals surface area (Å²) in [7, 11) is 0. The summed E-state index contributed by atoms with van der Waals surface area (Å²) >= 11 is 6.20. The van der Waals surface area contributed by atoms with Crippen LogP contribution in [-0.2, 0) is 22.8 Å². The van der Waals surface area contributed by atoms with Gasteiger partial charge in [-0.1, -0.05) is 80.4 Å². The molecule has 0 radical (unpaired) electrons. The topological polar surface area (TPSA) is 118 Å². The average Bonchev–Trinajstić information content (AvgIpc) is 2.87. The van der Waals surface area contributed by atoms with E-state index in [0.717, 1.165) is 37.3 Å². The van der Waals surface area contributed by atoms with Gasteiger partial charge in [0.1, 0.15) is 0 Å². The van der Waals surface area contributed by atoms with Crippen molar-refractivity contribution in [3.8, 4) is 0 Å². The van der Waals surface area contributed by atoms with Crippen molar-refractivity contribution in [1.82, 2.24) is 0 Å². The normalized spacial score (nSPS) is 11.4. The number of hydrogen-bond acceptors (Lipinski definition) is 5. The Labute approximate surface area is 260 Å². The molecule has 0 aliphatic carbocycles. The first-order valence-corrected chi connectivity index (χ1v) is 12.8. The van der Waals surface area contributed by atoms with Gasteiger partial charge in [0.2, 0.25) is 0 Å².